The fourth-order valence-corrected chi connectivity index (χ4v) is 1.80. The second-order valence-electron chi connectivity index (χ2n) is 3.77. The third-order valence-electron chi connectivity index (χ3n) is 2.41. The summed E-state index contributed by atoms with van der Waals surface area (Å²) in [6, 6.07) is 0. The van der Waals surface area contributed by atoms with Gasteiger partial charge in [-0.2, -0.15) is 0 Å². The lowest BCUT2D eigenvalue weighted by Crippen LogP contribution is -2.61. The Morgan fingerprint density at radius 1 is 1.17 bits per heavy atom. The first-order chi connectivity index (χ1) is 8.13. The third kappa shape index (κ3) is 3.93. The van der Waals surface area contributed by atoms with E-state index in [1.807, 2.05) is 0 Å². The molecule has 0 spiro atoms. The highest BCUT2D eigenvalue weighted by Gasteiger charge is 2.45. The Bertz CT molecular complexity index is 317. The Morgan fingerprint density at radius 2 is 1.72 bits per heavy atom. The first-order valence-electron chi connectivity index (χ1n) is 4.86. The molecule has 1 saturated heterocycles. The Labute approximate surface area is 101 Å². The lowest BCUT2D eigenvalue weighted by Gasteiger charge is -2.40. The quantitative estimate of drug-likeness (QED) is 0.314. The number of phosphoric acid groups is 1. The highest BCUT2D eigenvalue weighted by atomic mass is 31.2. The minimum absolute atomic E-state index is 1.01. The number of aliphatic hydroxyl groups is 5. The average molecular weight is 288 g/mol. The summed E-state index contributed by atoms with van der Waals surface area (Å²) >= 11 is 0. The summed E-state index contributed by atoms with van der Waals surface area (Å²) in [6.45, 7) is -1.01. The van der Waals surface area contributed by atoms with E-state index in [0.717, 1.165) is 0 Å². The van der Waals surface area contributed by atoms with Gasteiger partial charge in [-0.25, -0.2) is 0 Å². The molecule has 1 aliphatic heterocycles. The Balaban J connectivity index is 2.62. The first kappa shape index (κ1) is 15.9. The van der Waals surface area contributed by atoms with Crippen LogP contribution < -0.4 is 9.79 Å². The zero-order chi connectivity index (χ0) is 14.1. The van der Waals surface area contributed by atoms with E-state index in [2.05, 4.69) is 9.26 Å². The van der Waals surface area contributed by atoms with E-state index in [1.54, 1.807) is 0 Å². The maximum Gasteiger partial charge on any atom is 0.184 e. The highest BCUT2D eigenvalue weighted by Crippen LogP contribution is 2.27. The number of aliphatic hydroxyl groups excluding tert-OH is 5. The molecule has 108 valence electrons. The fourth-order valence-electron chi connectivity index (χ4n) is 1.47. The molecule has 1 fully saturated rings. The Morgan fingerprint density at radius 3 is 2.22 bits per heavy atom. The molecule has 0 saturated carbocycles. The number of phosphoric ester groups is 1. The van der Waals surface area contributed by atoms with Crippen molar-refractivity contribution in [2.24, 2.45) is 0 Å². The molecule has 1 aliphatic rings. The number of ether oxygens (including phenoxy) is 1. The zero-order valence-electron chi connectivity index (χ0n) is 8.90. The van der Waals surface area contributed by atoms with Gasteiger partial charge in [-0.15, -0.1) is 0 Å². The second kappa shape index (κ2) is 5.88. The van der Waals surface area contributed by atoms with Crippen molar-refractivity contribution in [3.05, 3.63) is 0 Å². The van der Waals surface area contributed by atoms with Crippen LogP contribution in [0.1, 0.15) is 0 Å². The highest BCUT2D eigenvalue weighted by molar-refractivity contribution is 7.43. The molecule has 6 atom stereocenters. The van der Waals surface area contributed by atoms with E-state index in [0.29, 0.717) is 0 Å². The summed E-state index contributed by atoms with van der Waals surface area (Å²) in [5.41, 5.74) is 0. The van der Waals surface area contributed by atoms with E-state index in [4.69, 9.17) is 10.2 Å². The van der Waals surface area contributed by atoms with Gasteiger partial charge in [0.25, 0.3) is 0 Å². The van der Waals surface area contributed by atoms with Crippen LogP contribution in [0, 0.1) is 0 Å². The van der Waals surface area contributed by atoms with Crippen molar-refractivity contribution in [3.8, 4) is 0 Å². The van der Waals surface area contributed by atoms with Crippen molar-refractivity contribution in [2.75, 3.05) is 6.61 Å². The van der Waals surface area contributed by atoms with Crippen molar-refractivity contribution < 1.29 is 49.1 Å². The molecule has 1 heterocycles. The van der Waals surface area contributed by atoms with Gasteiger partial charge in [-0.05, 0) is 0 Å². The summed E-state index contributed by atoms with van der Waals surface area (Å²) in [4.78, 5) is 20.4. The molecule has 11 heteroatoms. The standard InChI is InChI=1S/C7H15O10P/c8-2(1-16-18(13,14)15)6-4(10)3(9)5(11)7(12)17-6/h2-12H,1H2,(H2,13,14,15)/p-2/t2-,3+,4+,5+,6-,7?/m1/s1. The van der Waals surface area contributed by atoms with Crippen LogP contribution in [0.4, 0.5) is 0 Å². The van der Waals surface area contributed by atoms with E-state index >= 15 is 0 Å². The molecule has 0 radical (unpaired) electrons. The van der Waals surface area contributed by atoms with Crippen molar-refractivity contribution >= 4 is 7.82 Å². The van der Waals surface area contributed by atoms with Crippen LogP contribution in [0.5, 0.6) is 0 Å². The van der Waals surface area contributed by atoms with E-state index in [-0.39, 0.29) is 0 Å². The van der Waals surface area contributed by atoms with Gasteiger partial charge in [0.05, 0.1) is 14.4 Å². The van der Waals surface area contributed by atoms with E-state index in [9.17, 15) is 29.7 Å². The summed E-state index contributed by atoms with van der Waals surface area (Å²) in [5, 5.41) is 46.4. The van der Waals surface area contributed by atoms with Crippen LogP contribution in [0.3, 0.4) is 0 Å². The smallest absolute Gasteiger partial charge is 0.184 e. The average Bonchev–Trinajstić information content (AvgIpc) is 2.27. The van der Waals surface area contributed by atoms with E-state index < -0.39 is 51.2 Å². The van der Waals surface area contributed by atoms with Crippen LogP contribution in [0.25, 0.3) is 0 Å². The predicted octanol–water partition coefficient (Wildman–Crippen LogP) is -5.01. The molecular weight excluding hydrogens is 275 g/mol. The van der Waals surface area contributed by atoms with Crippen LogP contribution >= 0.6 is 7.82 Å². The summed E-state index contributed by atoms with van der Waals surface area (Å²) < 4.78 is 18.5. The van der Waals surface area contributed by atoms with Crippen molar-refractivity contribution in [1.29, 1.82) is 0 Å². The van der Waals surface area contributed by atoms with Crippen molar-refractivity contribution in [2.45, 2.75) is 36.8 Å². The molecule has 0 bridgehead atoms. The van der Waals surface area contributed by atoms with Gasteiger partial charge in [0.2, 0.25) is 0 Å². The SMILES string of the molecule is O=P([O-])([O-])OC[C@@H](O)[C@H]1OC(O)[C@@H](O)[C@@H](O)[C@@H]1O. The molecule has 0 amide bonds. The molecule has 0 aliphatic carbocycles. The predicted molar refractivity (Wildman–Crippen MR) is 48.5 cm³/mol. The first-order valence-corrected chi connectivity index (χ1v) is 6.32. The van der Waals surface area contributed by atoms with Gasteiger partial charge < -0.3 is 49.1 Å². The van der Waals surface area contributed by atoms with Gasteiger partial charge in [-0.1, -0.05) is 0 Å². The minimum Gasteiger partial charge on any atom is -0.790 e. The summed E-state index contributed by atoms with van der Waals surface area (Å²) in [7, 11) is -5.30. The second-order valence-corrected chi connectivity index (χ2v) is 4.93. The molecule has 5 N–H and O–H groups in total. The Hall–Kier alpha value is -0.130. The van der Waals surface area contributed by atoms with Crippen molar-refractivity contribution in [1.82, 2.24) is 0 Å². The monoisotopic (exact) mass is 288 g/mol. The lowest BCUT2D eigenvalue weighted by molar-refractivity contribution is -0.345. The number of hydrogen-bond acceptors (Lipinski definition) is 10. The van der Waals surface area contributed by atoms with Crippen molar-refractivity contribution in [3.63, 3.8) is 0 Å². The van der Waals surface area contributed by atoms with Gasteiger partial charge >= 0.3 is 0 Å². The molecule has 10 nitrogen and oxygen atoms in total. The fraction of sp³-hybridized carbons (Fsp3) is 1.00. The third-order valence-corrected chi connectivity index (χ3v) is 2.87. The molecule has 0 aromatic carbocycles. The maximum atomic E-state index is 10.2. The zero-order valence-corrected chi connectivity index (χ0v) is 9.79. The molecule has 0 aromatic heterocycles. The molecule has 1 unspecified atom stereocenters. The molecule has 0 aromatic rings. The van der Waals surface area contributed by atoms with Gasteiger partial charge in [0.15, 0.2) is 6.29 Å². The summed E-state index contributed by atoms with van der Waals surface area (Å²) in [5.74, 6) is 0. The maximum absolute atomic E-state index is 10.2. The largest absolute Gasteiger partial charge is 0.790 e. The molecule has 18 heavy (non-hydrogen) atoms. The number of rotatable bonds is 4. The van der Waals surface area contributed by atoms with Crippen LogP contribution in [-0.2, 0) is 13.8 Å². The lowest BCUT2D eigenvalue weighted by atomic mass is 9.96. The van der Waals surface area contributed by atoms with Crippen LogP contribution in [-0.4, -0.2) is 68.9 Å². The van der Waals surface area contributed by atoms with E-state index in [1.165, 1.54) is 0 Å². The molecule has 1 rings (SSSR count). The van der Waals surface area contributed by atoms with Crippen LogP contribution in [0.15, 0.2) is 0 Å². The number of hydrogen-bond donors (Lipinski definition) is 5. The molecular formula is C7H13O10P-2. The minimum atomic E-state index is -5.30. The Kier molecular flexibility index (Phi) is 5.21. The van der Waals surface area contributed by atoms with Gasteiger partial charge in [0, 0.05) is 0 Å². The normalized spacial score (nSPS) is 39.6. The summed E-state index contributed by atoms with van der Waals surface area (Å²) in [6.07, 6.45) is -10.7. The van der Waals surface area contributed by atoms with Crippen LogP contribution in [0.2, 0.25) is 0 Å². The topological polar surface area (TPSA) is 183 Å². The van der Waals surface area contributed by atoms with Gasteiger partial charge in [0.1, 0.15) is 30.5 Å². The van der Waals surface area contributed by atoms with Gasteiger partial charge in [-0.3, -0.25) is 0 Å².